The van der Waals surface area contributed by atoms with Gasteiger partial charge in [0.1, 0.15) is 23.1 Å². The molecule has 0 saturated carbocycles. The summed E-state index contributed by atoms with van der Waals surface area (Å²) in [5.41, 5.74) is 1.84. The molecule has 0 bridgehead atoms. The third-order valence-corrected chi connectivity index (χ3v) is 5.38. The Morgan fingerprint density at radius 2 is 2.03 bits per heavy atom. The second-order valence-electron chi connectivity index (χ2n) is 7.60. The molecule has 1 amide bonds. The van der Waals surface area contributed by atoms with Gasteiger partial charge in [-0.3, -0.25) is 9.48 Å². The number of hydrogen-bond acceptors (Lipinski definition) is 7. The smallest absolute Gasteiger partial charge is 0.255 e. The number of amides is 1. The van der Waals surface area contributed by atoms with Gasteiger partial charge in [0, 0.05) is 30.9 Å². The average Bonchev–Trinajstić information content (AvgIpc) is 3.23. The summed E-state index contributed by atoms with van der Waals surface area (Å²) in [5, 5.41) is 10.1. The second kappa shape index (κ2) is 8.85. The molecule has 1 aliphatic rings. The fourth-order valence-electron chi connectivity index (χ4n) is 3.61. The first kappa shape index (κ1) is 22.2. The number of aryl methyl sites for hydroxylation is 1. The van der Waals surface area contributed by atoms with Gasteiger partial charge < -0.3 is 20.3 Å². The molecule has 1 aromatic carbocycles. The molecule has 33 heavy (non-hydrogen) atoms. The summed E-state index contributed by atoms with van der Waals surface area (Å²) in [6, 6.07) is 3.03. The molecule has 4 rings (SSSR count). The van der Waals surface area contributed by atoms with Gasteiger partial charge >= 0.3 is 0 Å². The zero-order valence-corrected chi connectivity index (χ0v) is 18.4. The predicted molar refractivity (Wildman–Crippen MR) is 119 cm³/mol. The lowest BCUT2D eigenvalue weighted by Gasteiger charge is -2.34. The molecule has 0 spiro atoms. The molecule has 3 aromatic rings. The molecule has 1 aliphatic heterocycles. The maximum Gasteiger partial charge on any atom is 0.255 e. The highest BCUT2D eigenvalue weighted by Crippen LogP contribution is 2.34. The number of hydrogen-bond donors (Lipinski definition) is 2. The van der Waals surface area contributed by atoms with Gasteiger partial charge in [0.15, 0.2) is 11.9 Å². The quantitative estimate of drug-likeness (QED) is 0.529. The monoisotopic (exact) mass is 455 g/mol. The van der Waals surface area contributed by atoms with Crippen LogP contribution >= 0.6 is 0 Å². The van der Waals surface area contributed by atoms with E-state index in [2.05, 4.69) is 32.3 Å². The van der Waals surface area contributed by atoms with Crippen LogP contribution in [0.3, 0.4) is 0 Å². The summed E-state index contributed by atoms with van der Waals surface area (Å²) in [6.07, 6.45) is 3.29. The van der Waals surface area contributed by atoms with Crippen LogP contribution in [0.2, 0.25) is 0 Å². The first-order valence-corrected chi connectivity index (χ1v) is 10.1. The molecule has 9 nitrogen and oxygen atoms in total. The number of aromatic nitrogens is 4. The number of ether oxygens (including phenoxy) is 1. The number of nitrogens with one attached hydrogen (secondary N) is 2. The molecule has 1 atom stereocenters. The maximum absolute atomic E-state index is 13.9. The van der Waals surface area contributed by atoms with E-state index in [1.54, 1.807) is 31.3 Å². The number of carbonyl (C=O) groups excluding carboxylic acids is 1. The minimum absolute atomic E-state index is 0.0256. The number of carbonyl (C=O) groups is 1. The van der Waals surface area contributed by atoms with Gasteiger partial charge in [-0.05, 0) is 19.1 Å². The molecular weight excluding hydrogens is 432 g/mol. The molecule has 11 heteroatoms. The van der Waals surface area contributed by atoms with Crippen LogP contribution in [0.25, 0.3) is 0 Å². The number of methoxy groups -OCH3 is 1. The highest BCUT2D eigenvalue weighted by Gasteiger charge is 2.36. The van der Waals surface area contributed by atoms with Gasteiger partial charge in [0.2, 0.25) is 5.95 Å². The molecule has 3 heterocycles. The molecule has 0 radical (unpaired) electrons. The van der Waals surface area contributed by atoms with Crippen LogP contribution in [0.5, 0.6) is 0 Å². The van der Waals surface area contributed by atoms with Gasteiger partial charge in [-0.15, -0.1) is 0 Å². The van der Waals surface area contributed by atoms with Crippen molar-refractivity contribution in [1.82, 2.24) is 19.7 Å². The molecule has 0 fully saturated rings. The third kappa shape index (κ3) is 4.34. The number of anilines is 3. The van der Waals surface area contributed by atoms with Crippen molar-refractivity contribution in [1.29, 1.82) is 0 Å². The first-order chi connectivity index (χ1) is 15.8. The van der Waals surface area contributed by atoms with Crippen LogP contribution in [0, 0.1) is 18.6 Å². The highest BCUT2D eigenvalue weighted by atomic mass is 19.1. The summed E-state index contributed by atoms with van der Waals surface area (Å²) < 4.78 is 34.4. The maximum atomic E-state index is 13.9. The Morgan fingerprint density at radius 1 is 1.30 bits per heavy atom. The van der Waals surface area contributed by atoms with E-state index in [0.29, 0.717) is 35.5 Å². The lowest BCUT2D eigenvalue weighted by molar-refractivity contribution is -0.117. The van der Waals surface area contributed by atoms with Crippen molar-refractivity contribution in [2.75, 3.05) is 29.7 Å². The molecule has 2 N–H and O–H groups in total. The van der Waals surface area contributed by atoms with Gasteiger partial charge in [-0.2, -0.15) is 10.1 Å². The van der Waals surface area contributed by atoms with Crippen LogP contribution < -0.4 is 15.5 Å². The number of fused-ring (bicyclic) bond motifs is 1. The fourth-order valence-corrected chi connectivity index (χ4v) is 3.61. The lowest BCUT2D eigenvalue weighted by atomic mass is 10.1. The minimum atomic E-state index is -0.721. The first-order valence-electron chi connectivity index (χ1n) is 10.1. The van der Waals surface area contributed by atoms with Crippen LogP contribution in [0.4, 0.5) is 26.2 Å². The standard InChI is InChI=1S/C22H23F2N7O2/c1-12-18-20(30(3)19(13(2)33-4)21(32)28-18)29-22(27-12)25-8-14-9-26-31(10-14)11-15-16(23)6-5-7-17(15)24/h5-7,9-10,19H,2,8,11H2,1,3-4H3,(H,28,32)(H,25,27,29)/t19-/m0/s1. The number of likely N-dealkylation sites (N-methyl/N-ethyl adjacent to an activating group) is 1. The zero-order valence-electron chi connectivity index (χ0n) is 18.4. The third-order valence-electron chi connectivity index (χ3n) is 5.38. The lowest BCUT2D eigenvalue weighted by Crippen LogP contribution is -2.48. The predicted octanol–water partition coefficient (Wildman–Crippen LogP) is 2.84. The Morgan fingerprint density at radius 3 is 2.73 bits per heavy atom. The Kier molecular flexibility index (Phi) is 5.95. The van der Waals surface area contributed by atoms with Crippen LogP contribution in [-0.2, 0) is 22.6 Å². The van der Waals surface area contributed by atoms with Crippen molar-refractivity contribution in [3.8, 4) is 0 Å². The van der Waals surface area contributed by atoms with Crippen molar-refractivity contribution in [2.24, 2.45) is 0 Å². The molecule has 2 aromatic heterocycles. The summed E-state index contributed by atoms with van der Waals surface area (Å²) in [4.78, 5) is 23.1. The topological polar surface area (TPSA) is 97.2 Å². The molecule has 0 aliphatic carbocycles. The highest BCUT2D eigenvalue weighted by molar-refractivity contribution is 6.04. The Hall–Kier alpha value is -4.02. The average molecular weight is 455 g/mol. The van der Waals surface area contributed by atoms with E-state index >= 15 is 0 Å². The van der Waals surface area contributed by atoms with Gasteiger partial charge in [0.25, 0.3) is 5.91 Å². The van der Waals surface area contributed by atoms with E-state index in [9.17, 15) is 13.6 Å². The number of rotatable bonds is 7. The number of nitrogens with zero attached hydrogens (tertiary/aromatic N) is 5. The van der Waals surface area contributed by atoms with E-state index in [0.717, 1.165) is 5.56 Å². The minimum Gasteiger partial charge on any atom is -0.499 e. The van der Waals surface area contributed by atoms with Crippen LogP contribution in [0.15, 0.2) is 42.9 Å². The largest absolute Gasteiger partial charge is 0.499 e. The fraction of sp³-hybridized carbons (Fsp3) is 0.273. The van der Waals surface area contributed by atoms with Crippen LogP contribution in [-0.4, -0.2) is 45.9 Å². The summed E-state index contributed by atoms with van der Waals surface area (Å²) >= 11 is 0. The summed E-state index contributed by atoms with van der Waals surface area (Å²) in [7, 11) is 3.19. The van der Waals surface area contributed by atoms with Gasteiger partial charge in [0.05, 0.1) is 25.5 Å². The van der Waals surface area contributed by atoms with Crippen molar-refractivity contribution >= 4 is 23.4 Å². The summed E-state index contributed by atoms with van der Waals surface area (Å²) in [5.74, 6) is -0.335. The van der Waals surface area contributed by atoms with Crippen molar-refractivity contribution in [2.45, 2.75) is 26.1 Å². The zero-order chi connectivity index (χ0) is 23.7. The molecule has 172 valence electrons. The van der Waals surface area contributed by atoms with E-state index in [1.165, 1.54) is 30.0 Å². The number of halogens is 2. The molecule has 0 unspecified atom stereocenters. The van der Waals surface area contributed by atoms with E-state index in [4.69, 9.17) is 4.74 Å². The second-order valence-corrected chi connectivity index (χ2v) is 7.60. The SMILES string of the molecule is C=C(OC)[C@H]1C(=O)Nc2c(C)nc(NCc3cnn(Cc4c(F)cccc4F)c3)nc2N1C. The van der Waals surface area contributed by atoms with E-state index < -0.39 is 17.7 Å². The number of benzene rings is 1. The van der Waals surface area contributed by atoms with E-state index in [-0.39, 0.29) is 18.0 Å². The van der Waals surface area contributed by atoms with Gasteiger partial charge in [-0.25, -0.2) is 13.8 Å². The Labute approximate surface area is 189 Å². The summed E-state index contributed by atoms with van der Waals surface area (Å²) in [6.45, 7) is 5.87. The van der Waals surface area contributed by atoms with E-state index in [1.807, 2.05) is 0 Å². The molecular formula is C22H23F2N7O2. The Bertz CT molecular complexity index is 1210. The van der Waals surface area contributed by atoms with Crippen molar-refractivity contribution < 1.29 is 18.3 Å². The molecule has 0 saturated heterocycles. The van der Waals surface area contributed by atoms with Crippen LogP contribution in [0.1, 0.15) is 16.8 Å². The normalized spacial score (nSPS) is 15.1. The Balaban J connectivity index is 1.49. The van der Waals surface area contributed by atoms with Crippen molar-refractivity contribution in [3.05, 3.63) is 71.4 Å². The van der Waals surface area contributed by atoms with Gasteiger partial charge in [-0.1, -0.05) is 12.6 Å². The van der Waals surface area contributed by atoms with Crippen molar-refractivity contribution in [3.63, 3.8) is 0 Å².